The minimum Gasteiger partial charge on any atom is -0.341 e. The molecule has 0 aromatic heterocycles. The second-order valence-electron chi connectivity index (χ2n) is 9.48. The maximum Gasteiger partial charge on any atom is 0.251 e. The van der Waals surface area contributed by atoms with E-state index >= 15 is 0 Å². The number of likely N-dealkylation sites (tertiary alicyclic amines) is 2. The molecule has 30 heavy (non-hydrogen) atoms. The summed E-state index contributed by atoms with van der Waals surface area (Å²) >= 11 is 5.92. The number of hydrogen-bond acceptors (Lipinski definition) is 3. The van der Waals surface area contributed by atoms with Gasteiger partial charge >= 0.3 is 0 Å². The Kier molecular flexibility index (Phi) is 8.18. The van der Waals surface area contributed by atoms with Gasteiger partial charge in [0.15, 0.2) is 0 Å². The topological polar surface area (TPSA) is 52.6 Å². The molecule has 6 heteroatoms. The maximum atomic E-state index is 13.3. The van der Waals surface area contributed by atoms with Crippen molar-refractivity contribution in [2.24, 2.45) is 17.8 Å². The lowest BCUT2D eigenvalue weighted by atomic mass is 9.93. The van der Waals surface area contributed by atoms with Crippen LogP contribution in [0.3, 0.4) is 0 Å². The van der Waals surface area contributed by atoms with Crippen LogP contribution in [0.5, 0.6) is 0 Å². The summed E-state index contributed by atoms with van der Waals surface area (Å²) in [7, 11) is 0. The van der Waals surface area contributed by atoms with Crippen LogP contribution in [0.15, 0.2) is 24.3 Å². The van der Waals surface area contributed by atoms with Crippen molar-refractivity contribution in [1.29, 1.82) is 0 Å². The van der Waals surface area contributed by atoms with Gasteiger partial charge in [-0.2, -0.15) is 0 Å². The fourth-order valence-corrected chi connectivity index (χ4v) is 4.69. The molecule has 3 rings (SSSR count). The van der Waals surface area contributed by atoms with E-state index in [-0.39, 0.29) is 17.7 Å². The molecule has 1 aromatic rings. The van der Waals surface area contributed by atoms with Crippen molar-refractivity contribution in [2.45, 2.75) is 52.5 Å². The van der Waals surface area contributed by atoms with E-state index in [9.17, 15) is 9.59 Å². The molecule has 2 saturated heterocycles. The molecule has 5 nitrogen and oxygen atoms in total. The van der Waals surface area contributed by atoms with Gasteiger partial charge in [-0.1, -0.05) is 32.4 Å². The van der Waals surface area contributed by atoms with Crippen LogP contribution in [0.1, 0.15) is 56.8 Å². The van der Waals surface area contributed by atoms with Gasteiger partial charge in [0.2, 0.25) is 5.91 Å². The van der Waals surface area contributed by atoms with Crippen molar-refractivity contribution >= 4 is 23.4 Å². The Balaban J connectivity index is 1.58. The lowest BCUT2D eigenvalue weighted by Gasteiger charge is -2.39. The smallest absolute Gasteiger partial charge is 0.251 e. The minimum atomic E-state index is -0.511. The molecule has 2 heterocycles. The van der Waals surface area contributed by atoms with Crippen molar-refractivity contribution < 1.29 is 9.59 Å². The Labute approximate surface area is 186 Å². The summed E-state index contributed by atoms with van der Waals surface area (Å²) in [5.41, 5.74) is 0.522. The second-order valence-corrected chi connectivity index (χ2v) is 9.91. The molecule has 0 saturated carbocycles. The Hall–Kier alpha value is -1.59. The molecule has 0 aliphatic carbocycles. The predicted octanol–water partition coefficient (Wildman–Crippen LogP) is 4.06. The number of hydrogen-bond donors (Lipinski definition) is 1. The Bertz CT molecular complexity index is 714. The fourth-order valence-electron chi connectivity index (χ4n) is 4.56. The number of nitrogens with zero attached hydrogens (tertiary/aromatic N) is 2. The van der Waals surface area contributed by atoms with Crippen LogP contribution in [-0.2, 0) is 4.79 Å². The van der Waals surface area contributed by atoms with E-state index in [4.69, 9.17) is 11.6 Å². The summed E-state index contributed by atoms with van der Waals surface area (Å²) in [6.45, 7) is 11.3. The van der Waals surface area contributed by atoms with Gasteiger partial charge in [0, 0.05) is 30.2 Å². The maximum absolute atomic E-state index is 13.3. The average molecular weight is 434 g/mol. The summed E-state index contributed by atoms with van der Waals surface area (Å²) in [6, 6.07) is 6.26. The molecule has 0 radical (unpaired) electrons. The van der Waals surface area contributed by atoms with Crippen LogP contribution < -0.4 is 5.32 Å². The van der Waals surface area contributed by atoms with Crippen molar-refractivity contribution in [3.63, 3.8) is 0 Å². The van der Waals surface area contributed by atoms with E-state index in [0.29, 0.717) is 16.5 Å². The zero-order chi connectivity index (χ0) is 21.7. The highest BCUT2D eigenvalue weighted by atomic mass is 35.5. The molecule has 2 fully saturated rings. The molecule has 166 valence electrons. The summed E-state index contributed by atoms with van der Waals surface area (Å²) in [5, 5.41) is 3.56. The Morgan fingerprint density at radius 1 is 1.10 bits per heavy atom. The van der Waals surface area contributed by atoms with Gasteiger partial charge < -0.3 is 15.1 Å². The fraction of sp³-hybridized carbons (Fsp3) is 0.667. The van der Waals surface area contributed by atoms with E-state index < -0.39 is 6.04 Å². The normalized spacial score (nSPS) is 22.2. The van der Waals surface area contributed by atoms with E-state index in [1.54, 1.807) is 24.3 Å². The summed E-state index contributed by atoms with van der Waals surface area (Å²) < 4.78 is 0. The highest BCUT2D eigenvalue weighted by Gasteiger charge is 2.32. The molecule has 2 unspecified atom stereocenters. The van der Waals surface area contributed by atoms with E-state index in [1.165, 1.54) is 32.4 Å². The van der Waals surface area contributed by atoms with Gasteiger partial charge in [0.25, 0.3) is 5.91 Å². The number of carbonyl (C=O) groups is 2. The predicted molar refractivity (Wildman–Crippen MR) is 122 cm³/mol. The first-order valence-electron chi connectivity index (χ1n) is 11.4. The average Bonchev–Trinajstić information content (AvgIpc) is 2.73. The van der Waals surface area contributed by atoms with Crippen LogP contribution in [0.2, 0.25) is 5.02 Å². The van der Waals surface area contributed by atoms with Gasteiger partial charge in [0.05, 0.1) is 0 Å². The van der Waals surface area contributed by atoms with Crippen LogP contribution >= 0.6 is 11.6 Å². The molecule has 0 bridgehead atoms. The van der Waals surface area contributed by atoms with Gasteiger partial charge in [0.1, 0.15) is 6.04 Å². The lowest BCUT2D eigenvalue weighted by Crippen LogP contribution is -2.54. The minimum absolute atomic E-state index is 0.0257. The summed E-state index contributed by atoms with van der Waals surface area (Å²) in [4.78, 5) is 30.5. The van der Waals surface area contributed by atoms with Crippen LogP contribution in [0, 0.1) is 17.8 Å². The second kappa shape index (κ2) is 10.6. The summed E-state index contributed by atoms with van der Waals surface area (Å²) in [5.74, 6) is 1.20. The largest absolute Gasteiger partial charge is 0.341 e. The highest BCUT2D eigenvalue weighted by molar-refractivity contribution is 6.30. The highest BCUT2D eigenvalue weighted by Crippen LogP contribution is 2.23. The molecule has 1 N–H and O–H groups in total. The standard InChI is InChI=1S/C24H36ClN3O2/c1-17(2)22(26-23(29)20-6-8-21(25)9-7-20)24(30)28-12-4-5-19(16-28)15-27-13-10-18(3)11-14-27/h6-9,17-19,22H,4-5,10-16H2,1-3H3,(H,26,29). The number of nitrogens with one attached hydrogen (secondary N) is 1. The molecule has 2 amide bonds. The number of rotatable bonds is 6. The quantitative estimate of drug-likeness (QED) is 0.735. The van der Waals surface area contributed by atoms with Gasteiger partial charge in [-0.05, 0) is 80.8 Å². The van der Waals surface area contributed by atoms with Crippen LogP contribution in [0.4, 0.5) is 0 Å². The number of piperidine rings is 2. The molecule has 2 aliphatic heterocycles. The molecule has 2 atom stereocenters. The zero-order valence-electron chi connectivity index (χ0n) is 18.6. The number of amides is 2. The van der Waals surface area contributed by atoms with Crippen molar-refractivity contribution in [1.82, 2.24) is 15.1 Å². The molecule has 2 aliphatic rings. The van der Waals surface area contributed by atoms with Crippen molar-refractivity contribution in [3.8, 4) is 0 Å². The van der Waals surface area contributed by atoms with Gasteiger partial charge in [-0.15, -0.1) is 0 Å². The van der Waals surface area contributed by atoms with E-state index in [0.717, 1.165) is 32.0 Å². The molecule has 0 spiro atoms. The first kappa shape index (κ1) is 23.1. The third kappa shape index (κ3) is 6.21. The number of benzene rings is 1. The summed E-state index contributed by atoms with van der Waals surface area (Å²) in [6.07, 6.45) is 4.78. The Morgan fingerprint density at radius 2 is 1.77 bits per heavy atom. The van der Waals surface area contributed by atoms with Crippen molar-refractivity contribution in [2.75, 3.05) is 32.7 Å². The van der Waals surface area contributed by atoms with E-state index in [2.05, 4.69) is 17.1 Å². The SMILES string of the molecule is CC1CCN(CC2CCCN(C(=O)C(NC(=O)c3ccc(Cl)cc3)C(C)C)C2)CC1. The number of carbonyl (C=O) groups excluding carboxylic acids is 2. The Morgan fingerprint density at radius 3 is 2.40 bits per heavy atom. The molecular formula is C24H36ClN3O2. The monoisotopic (exact) mass is 433 g/mol. The first-order valence-corrected chi connectivity index (χ1v) is 11.8. The van der Waals surface area contributed by atoms with Crippen molar-refractivity contribution in [3.05, 3.63) is 34.9 Å². The van der Waals surface area contributed by atoms with Gasteiger partial charge in [-0.25, -0.2) is 0 Å². The van der Waals surface area contributed by atoms with Crippen LogP contribution in [-0.4, -0.2) is 60.4 Å². The van der Waals surface area contributed by atoms with Gasteiger partial charge in [-0.3, -0.25) is 9.59 Å². The van der Waals surface area contributed by atoms with Crippen LogP contribution in [0.25, 0.3) is 0 Å². The molecule has 1 aromatic carbocycles. The molecular weight excluding hydrogens is 398 g/mol. The number of halogens is 1. The van der Waals surface area contributed by atoms with E-state index in [1.807, 2.05) is 18.7 Å². The lowest BCUT2D eigenvalue weighted by molar-refractivity contribution is -0.136. The zero-order valence-corrected chi connectivity index (χ0v) is 19.3. The first-order chi connectivity index (χ1) is 14.3. The third-order valence-electron chi connectivity index (χ3n) is 6.55. The third-order valence-corrected chi connectivity index (χ3v) is 6.80.